The highest BCUT2D eigenvalue weighted by Gasteiger charge is 2.17. The molecule has 0 saturated carbocycles. The maximum absolute atomic E-state index is 6.06. The molecule has 2 atom stereocenters. The smallest absolute Gasteiger partial charge is 0.0314 e. The van der Waals surface area contributed by atoms with Crippen molar-refractivity contribution in [3.05, 3.63) is 130 Å². The van der Waals surface area contributed by atoms with Crippen molar-refractivity contribution in [1.82, 2.24) is 0 Å². The lowest BCUT2D eigenvalue weighted by Gasteiger charge is -2.21. The van der Waals surface area contributed by atoms with E-state index in [0.29, 0.717) is 17.8 Å². The van der Waals surface area contributed by atoms with Crippen LogP contribution < -0.4 is 11.5 Å². The Morgan fingerprint density at radius 1 is 0.373 bits per heavy atom. The number of unbranched alkanes of at least 4 members (excludes halogenated alkanes) is 12. The predicted octanol–water partition coefficient (Wildman–Crippen LogP) is 14.2. The number of anilines is 2. The Morgan fingerprint density at radius 2 is 0.667 bits per heavy atom. The fourth-order valence-electron chi connectivity index (χ4n) is 7.92. The van der Waals surface area contributed by atoms with Gasteiger partial charge in [-0.15, -0.1) is 0 Å². The van der Waals surface area contributed by atoms with Crippen molar-refractivity contribution in [2.24, 2.45) is 5.92 Å². The summed E-state index contributed by atoms with van der Waals surface area (Å²) in [5.74, 6) is 1.49. The molecule has 0 radical (unpaired) electrons. The van der Waals surface area contributed by atoms with Crippen molar-refractivity contribution in [1.29, 1.82) is 0 Å². The second-order valence-corrected chi connectivity index (χ2v) is 15.4. The number of hydrogen-bond acceptors (Lipinski definition) is 2. The average Bonchev–Trinajstić information content (AvgIpc) is 3.15. The van der Waals surface area contributed by atoms with Crippen molar-refractivity contribution < 1.29 is 0 Å². The lowest BCUT2D eigenvalue weighted by molar-refractivity contribution is 0.504. The number of hydrogen-bond donors (Lipinski definition) is 2. The van der Waals surface area contributed by atoms with Crippen LogP contribution in [0.15, 0.2) is 97.1 Å². The van der Waals surface area contributed by atoms with E-state index >= 15 is 0 Å². The third-order valence-corrected chi connectivity index (χ3v) is 11.3. The minimum Gasteiger partial charge on any atom is -0.399 e. The van der Waals surface area contributed by atoms with E-state index in [1.165, 1.54) is 143 Å². The van der Waals surface area contributed by atoms with Gasteiger partial charge in [-0.1, -0.05) is 190 Å². The molecule has 0 heterocycles. The minimum absolute atomic E-state index is 0.429. The highest BCUT2D eigenvalue weighted by Crippen LogP contribution is 2.33. The summed E-state index contributed by atoms with van der Waals surface area (Å²) in [5.41, 5.74) is 22.4. The fourth-order valence-corrected chi connectivity index (χ4v) is 7.92. The molecule has 2 nitrogen and oxygen atoms in total. The van der Waals surface area contributed by atoms with Crippen LogP contribution in [0.1, 0.15) is 175 Å². The Kier molecular flexibility index (Phi) is 18.3. The summed E-state index contributed by atoms with van der Waals surface area (Å²) < 4.78 is 0. The second kappa shape index (κ2) is 23.1. The first kappa shape index (κ1) is 40.3. The first-order valence-electron chi connectivity index (χ1n) is 20.9. The standard InChI is InChI=1S/C49H70N2/c1-4-7-9-11-13-15-17-19-48(44-29-33-46(50)34-30-44)42-25-21-40(22-26-42)37-39(6-3)38-41-23-27-43(28-24-41)49(45-31-35-47(51)36-32-45)20-18-16-14-12-10-8-5-2/h21-36,39,48-49H,4-20,37-38,50-51H2,1-3H3. The summed E-state index contributed by atoms with van der Waals surface area (Å²) in [6, 6.07) is 36.4. The molecule has 51 heavy (non-hydrogen) atoms. The summed E-state index contributed by atoms with van der Waals surface area (Å²) in [6.45, 7) is 6.94. The van der Waals surface area contributed by atoms with E-state index in [-0.39, 0.29) is 0 Å². The molecule has 0 amide bonds. The zero-order chi connectivity index (χ0) is 36.1. The van der Waals surface area contributed by atoms with E-state index in [9.17, 15) is 0 Å². The number of nitrogens with two attached hydrogens (primary N) is 2. The van der Waals surface area contributed by atoms with Gasteiger partial charge in [-0.25, -0.2) is 0 Å². The molecule has 2 heteroatoms. The second-order valence-electron chi connectivity index (χ2n) is 15.4. The summed E-state index contributed by atoms with van der Waals surface area (Å²) in [6.07, 6.45) is 24.6. The molecule has 4 rings (SSSR count). The summed E-state index contributed by atoms with van der Waals surface area (Å²) >= 11 is 0. The van der Waals surface area contributed by atoms with E-state index in [1.54, 1.807) is 0 Å². The minimum atomic E-state index is 0.429. The SMILES string of the molecule is CCCCCCCCCC(c1ccc(N)cc1)c1ccc(CC(CC)Cc2ccc(C(CCCCCCCCC)c3ccc(N)cc3)cc2)cc1. The fraction of sp³-hybridized carbons (Fsp3) is 0.510. The first-order chi connectivity index (χ1) is 25.0. The molecular formula is C49H70N2. The highest BCUT2D eigenvalue weighted by molar-refractivity contribution is 5.44. The van der Waals surface area contributed by atoms with Gasteiger partial charge >= 0.3 is 0 Å². The molecule has 0 spiro atoms. The highest BCUT2D eigenvalue weighted by atomic mass is 14.5. The van der Waals surface area contributed by atoms with Crippen LogP contribution in [-0.2, 0) is 12.8 Å². The van der Waals surface area contributed by atoms with Crippen LogP contribution in [-0.4, -0.2) is 0 Å². The molecule has 0 bridgehead atoms. The first-order valence-corrected chi connectivity index (χ1v) is 20.9. The zero-order valence-corrected chi connectivity index (χ0v) is 32.6. The van der Waals surface area contributed by atoms with Crippen LogP contribution in [0.2, 0.25) is 0 Å². The Hall–Kier alpha value is -3.52. The molecule has 2 unspecified atom stereocenters. The molecule has 0 fully saturated rings. The largest absolute Gasteiger partial charge is 0.399 e. The van der Waals surface area contributed by atoms with E-state index in [0.717, 1.165) is 24.2 Å². The molecule has 4 N–H and O–H groups in total. The zero-order valence-electron chi connectivity index (χ0n) is 32.6. The van der Waals surface area contributed by atoms with Gasteiger partial charge < -0.3 is 11.5 Å². The van der Waals surface area contributed by atoms with Crippen LogP contribution in [0.3, 0.4) is 0 Å². The van der Waals surface area contributed by atoms with Crippen molar-refractivity contribution in [2.45, 2.75) is 155 Å². The Labute approximate surface area is 312 Å². The van der Waals surface area contributed by atoms with Gasteiger partial charge in [0.05, 0.1) is 0 Å². The van der Waals surface area contributed by atoms with Gasteiger partial charge in [-0.3, -0.25) is 0 Å². The van der Waals surface area contributed by atoms with E-state index < -0.39 is 0 Å². The molecule has 276 valence electrons. The molecule has 0 aliphatic carbocycles. The van der Waals surface area contributed by atoms with Crippen molar-refractivity contribution in [3.63, 3.8) is 0 Å². The maximum Gasteiger partial charge on any atom is 0.0314 e. The molecule has 0 aliphatic heterocycles. The lowest BCUT2D eigenvalue weighted by Crippen LogP contribution is -2.08. The quantitative estimate of drug-likeness (QED) is 0.0538. The summed E-state index contributed by atoms with van der Waals surface area (Å²) in [5, 5.41) is 0. The molecular weight excluding hydrogens is 617 g/mol. The van der Waals surface area contributed by atoms with Crippen LogP contribution in [0, 0.1) is 5.92 Å². The Morgan fingerprint density at radius 3 is 0.980 bits per heavy atom. The third kappa shape index (κ3) is 14.2. The van der Waals surface area contributed by atoms with Gasteiger partial charge in [0.2, 0.25) is 0 Å². The molecule has 0 saturated heterocycles. The number of rotatable bonds is 25. The van der Waals surface area contributed by atoms with Gasteiger partial charge in [-0.2, -0.15) is 0 Å². The summed E-state index contributed by atoms with van der Waals surface area (Å²) in [7, 11) is 0. The average molecular weight is 687 g/mol. The van der Waals surface area contributed by atoms with E-state index in [4.69, 9.17) is 11.5 Å². The van der Waals surface area contributed by atoms with Gasteiger partial charge in [0, 0.05) is 23.2 Å². The normalized spacial score (nSPS) is 13.2. The van der Waals surface area contributed by atoms with Gasteiger partial charge in [-0.05, 0) is 89.2 Å². The Bertz CT molecular complexity index is 1340. The van der Waals surface area contributed by atoms with Crippen LogP contribution in [0.25, 0.3) is 0 Å². The van der Waals surface area contributed by atoms with E-state index in [1.807, 2.05) is 0 Å². The van der Waals surface area contributed by atoms with Crippen molar-refractivity contribution in [3.8, 4) is 0 Å². The lowest BCUT2D eigenvalue weighted by atomic mass is 9.84. The van der Waals surface area contributed by atoms with Crippen LogP contribution in [0.4, 0.5) is 11.4 Å². The molecule has 0 aliphatic rings. The van der Waals surface area contributed by atoms with Crippen LogP contribution in [0.5, 0.6) is 0 Å². The van der Waals surface area contributed by atoms with Crippen LogP contribution >= 0.6 is 0 Å². The number of nitrogen functional groups attached to an aromatic ring is 2. The molecule has 4 aromatic carbocycles. The van der Waals surface area contributed by atoms with Crippen molar-refractivity contribution in [2.75, 3.05) is 11.5 Å². The summed E-state index contributed by atoms with van der Waals surface area (Å²) in [4.78, 5) is 0. The van der Waals surface area contributed by atoms with Gasteiger partial charge in [0.1, 0.15) is 0 Å². The van der Waals surface area contributed by atoms with Gasteiger partial charge in [0.15, 0.2) is 0 Å². The van der Waals surface area contributed by atoms with Crippen molar-refractivity contribution >= 4 is 11.4 Å². The predicted molar refractivity (Wildman–Crippen MR) is 225 cm³/mol. The van der Waals surface area contributed by atoms with Gasteiger partial charge in [0.25, 0.3) is 0 Å². The third-order valence-electron chi connectivity index (χ3n) is 11.3. The topological polar surface area (TPSA) is 52.0 Å². The molecule has 4 aromatic rings. The monoisotopic (exact) mass is 687 g/mol. The maximum atomic E-state index is 6.06. The van der Waals surface area contributed by atoms with E-state index in [2.05, 4.69) is 118 Å². The molecule has 0 aromatic heterocycles. The Balaban J connectivity index is 1.36. The number of benzene rings is 4.